The van der Waals surface area contributed by atoms with Gasteiger partial charge in [-0.15, -0.1) is 0 Å². The minimum Gasteiger partial charge on any atom is -0.352 e. The molecule has 0 spiro atoms. The topological polar surface area (TPSA) is 88.5 Å². The molecule has 0 aromatic heterocycles. The van der Waals surface area contributed by atoms with Gasteiger partial charge >= 0.3 is 0 Å². The first-order valence-corrected chi connectivity index (χ1v) is 9.05. The zero-order valence-electron chi connectivity index (χ0n) is 14.2. The van der Waals surface area contributed by atoms with Crippen molar-refractivity contribution in [2.75, 3.05) is 39.3 Å². The zero-order chi connectivity index (χ0) is 17.0. The molecule has 1 heterocycles. The fourth-order valence-corrected chi connectivity index (χ4v) is 3.56. The van der Waals surface area contributed by atoms with Crippen LogP contribution >= 0.6 is 0 Å². The van der Waals surface area contributed by atoms with Crippen LogP contribution in [-0.2, 0) is 9.59 Å². The maximum atomic E-state index is 12.2. The lowest BCUT2D eigenvalue weighted by atomic mass is 10.00. The van der Waals surface area contributed by atoms with E-state index in [1.165, 1.54) is 0 Å². The van der Waals surface area contributed by atoms with Crippen molar-refractivity contribution in [1.82, 2.24) is 20.4 Å². The first-order valence-electron chi connectivity index (χ1n) is 9.05. The highest BCUT2D eigenvalue weighted by Crippen LogP contribution is 2.28. The Hall–Kier alpha value is -1.65. The maximum absolute atomic E-state index is 12.2. The van der Waals surface area contributed by atoms with Gasteiger partial charge in [-0.05, 0) is 38.5 Å². The highest BCUT2D eigenvalue weighted by molar-refractivity contribution is 5.79. The number of rotatable bonds is 6. The minimum atomic E-state index is -0.639. The van der Waals surface area contributed by atoms with Crippen LogP contribution in [0.5, 0.6) is 0 Å². The first kappa shape index (κ1) is 17.2. The third-order valence-corrected chi connectivity index (χ3v) is 5.19. The molecule has 24 heavy (non-hydrogen) atoms. The van der Waals surface area contributed by atoms with Gasteiger partial charge in [0.05, 0.1) is 19.2 Å². The monoisotopic (exact) mass is 333 g/mol. The predicted octanol–water partition coefficient (Wildman–Crippen LogP) is -0.165. The van der Waals surface area contributed by atoms with Crippen molar-refractivity contribution >= 4 is 11.8 Å². The molecule has 0 atom stereocenters. The van der Waals surface area contributed by atoms with Crippen LogP contribution in [0.4, 0.5) is 0 Å². The van der Waals surface area contributed by atoms with Gasteiger partial charge in [-0.3, -0.25) is 19.4 Å². The summed E-state index contributed by atoms with van der Waals surface area (Å²) in [6.45, 7) is 3.95. The van der Waals surface area contributed by atoms with E-state index >= 15 is 0 Å². The lowest BCUT2D eigenvalue weighted by Crippen LogP contribution is -2.54. The summed E-state index contributed by atoms with van der Waals surface area (Å²) >= 11 is 0. The van der Waals surface area contributed by atoms with E-state index in [2.05, 4.69) is 26.5 Å². The van der Waals surface area contributed by atoms with E-state index in [1.54, 1.807) is 0 Å². The Labute approximate surface area is 143 Å². The SMILES string of the molecule is N#CC1(NC(=O)CN2CCN(CC(=O)NC3CC3)CC2)CCCC1. The van der Waals surface area contributed by atoms with Gasteiger partial charge in [-0.1, -0.05) is 0 Å². The van der Waals surface area contributed by atoms with E-state index in [0.717, 1.165) is 64.7 Å². The molecule has 0 unspecified atom stereocenters. The second-order valence-corrected chi connectivity index (χ2v) is 7.34. The van der Waals surface area contributed by atoms with Gasteiger partial charge in [-0.2, -0.15) is 5.26 Å². The van der Waals surface area contributed by atoms with Gasteiger partial charge in [0, 0.05) is 32.2 Å². The standard InChI is InChI=1S/C17H27N5O2/c18-13-17(5-1-2-6-17)20-16(24)12-22-9-7-21(8-10-22)11-15(23)19-14-3-4-14/h14H,1-12H2,(H,19,23)(H,20,24). The molecule has 2 amide bonds. The fourth-order valence-electron chi connectivity index (χ4n) is 3.56. The number of carbonyl (C=O) groups excluding carboxylic acids is 2. The summed E-state index contributed by atoms with van der Waals surface area (Å²) in [5, 5.41) is 15.3. The molecule has 3 aliphatic rings. The van der Waals surface area contributed by atoms with Crippen LogP contribution in [0, 0.1) is 11.3 Å². The number of nitrogens with zero attached hydrogens (tertiary/aromatic N) is 3. The summed E-state index contributed by atoms with van der Waals surface area (Å²) in [5.74, 6) is 0.0549. The Balaban J connectivity index is 1.36. The van der Waals surface area contributed by atoms with Crippen LogP contribution in [0.1, 0.15) is 38.5 Å². The highest BCUT2D eigenvalue weighted by Gasteiger charge is 2.35. The van der Waals surface area contributed by atoms with Crippen LogP contribution < -0.4 is 10.6 Å². The molecule has 7 nitrogen and oxygen atoms in total. The molecule has 2 N–H and O–H groups in total. The number of hydrogen-bond acceptors (Lipinski definition) is 5. The van der Waals surface area contributed by atoms with Gasteiger partial charge in [0.2, 0.25) is 11.8 Å². The summed E-state index contributed by atoms with van der Waals surface area (Å²) in [5.41, 5.74) is -0.639. The molecule has 0 bridgehead atoms. The summed E-state index contributed by atoms with van der Waals surface area (Å²) in [6, 6.07) is 2.70. The van der Waals surface area contributed by atoms with E-state index in [-0.39, 0.29) is 11.8 Å². The lowest BCUT2D eigenvalue weighted by Gasteiger charge is -2.34. The Bertz CT molecular complexity index is 512. The van der Waals surface area contributed by atoms with Crippen LogP contribution in [0.3, 0.4) is 0 Å². The molecular weight excluding hydrogens is 306 g/mol. The second-order valence-electron chi connectivity index (χ2n) is 7.34. The van der Waals surface area contributed by atoms with E-state index in [1.807, 2.05) is 0 Å². The summed E-state index contributed by atoms with van der Waals surface area (Å²) in [7, 11) is 0. The maximum Gasteiger partial charge on any atom is 0.235 e. The fraction of sp³-hybridized carbons (Fsp3) is 0.824. The summed E-state index contributed by atoms with van der Waals surface area (Å²) < 4.78 is 0. The molecule has 132 valence electrons. The molecule has 2 aliphatic carbocycles. The lowest BCUT2D eigenvalue weighted by molar-refractivity contribution is -0.125. The van der Waals surface area contributed by atoms with Gasteiger partial charge in [0.25, 0.3) is 0 Å². The summed E-state index contributed by atoms with van der Waals surface area (Å²) in [6.07, 6.45) is 5.76. The summed E-state index contributed by atoms with van der Waals surface area (Å²) in [4.78, 5) is 28.3. The third-order valence-electron chi connectivity index (χ3n) is 5.19. The van der Waals surface area contributed by atoms with E-state index in [9.17, 15) is 14.9 Å². The van der Waals surface area contributed by atoms with Crippen molar-refractivity contribution in [2.45, 2.75) is 50.1 Å². The van der Waals surface area contributed by atoms with Gasteiger partial charge in [0.15, 0.2) is 0 Å². The number of nitrogens with one attached hydrogen (secondary N) is 2. The average molecular weight is 333 g/mol. The molecular formula is C17H27N5O2. The Morgan fingerprint density at radius 2 is 1.54 bits per heavy atom. The van der Waals surface area contributed by atoms with Crippen molar-refractivity contribution in [3.05, 3.63) is 0 Å². The largest absolute Gasteiger partial charge is 0.352 e. The van der Waals surface area contributed by atoms with E-state index < -0.39 is 5.54 Å². The van der Waals surface area contributed by atoms with Crippen molar-refractivity contribution in [2.24, 2.45) is 0 Å². The van der Waals surface area contributed by atoms with E-state index in [4.69, 9.17) is 0 Å². The number of carbonyl (C=O) groups is 2. The first-order chi connectivity index (χ1) is 11.6. The van der Waals surface area contributed by atoms with Crippen LogP contribution in [0.25, 0.3) is 0 Å². The normalized spacial score (nSPS) is 24.3. The van der Waals surface area contributed by atoms with Crippen LogP contribution in [-0.4, -0.2) is 72.5 Å². The van der Waals surface area contributed by atoms with Crippen molar-refractivity contribution < 1.29 is 9.59 Å². The third kappa shape index (κ3) is 4.68. The Morgan fingerprint density at radius 3 is 2.04 bits per heavy atom. The number of hydrogen-bond donors (Lipinski definition) is 2. The Kier molecular flexibility index (Phi) is 5.36. The smallest absolute Gasteiger partial charge is 0.235 e. The highest BCUT2D eigenvalue weighted by atomic mass is 16.2. The minimum absolute atomic E-state index is 0.0571. The van der Waals surface area contributed by atoms with Crippen LogP contribution in [0.2, 0.25) is 0 Å². The molecule has 7 heteroatoms. The number of piperazine rings is 1. The molecule has 1 aliphatic heterocycles. The van der Waals surface area contributed by atoms with Gasteiger partial charge in [-0.25, -0.2) is 0 Å². The van der Waals surface area contributed by atoms with Crippen molar-refractivity contribution in [3.63, 3.8) is 0 Å². The molecule has 0 aromatic carbocycles. The molecule has 1 saturated heterocycles. The number of amides is 2. The molecule has 0 radical (unpaired) electrons. The van der Waals surface area contributed by atoms with Crippen molar-refractivity contribution in [1.29, 1.82) is 5.26 Å². The predicted molar refractivity (Wildman–Crippen MR) is 89.0 cm³/mol. The molecule has 0 aromatic rings. The zero-order valence-corrected chi connectivity index (χ0v) is 14.2. The van der Waals surface area contributed by atoms with Crippen LogP contribution in [0.15, 0.2) is 0 Å². The van der Waals surface area contributed by atoms with Gasteiger partial charge < -0.3 is 10.6 Å². The molecule has 3 rings (SSSR count). The molecule has 2 saturated carbocycles. The van der Waals surface area contributed by atoms with E-state index in [0.29, 0.717) is 19.1 Å². The number of nitriles is 1. The Morgan fingerprint density at radius 1 is 1.00 bits per heavy atom. The quantitative estimate of drug-likeness (QED) is 0.705. The second kappa shape index (κ2) is 7.49. The average Bonchev–Trinajstić information content (AvgIpc) is 3.25. The van der Waals surface area contributed by atoms with Crippen molar-refractivity contribution in [3.8, 4) is 6.07 Å². The molecule has 3 fully saturated rings. The van der Waals surface area contributed by atoms with Gasteiger partial charge in [0.1, 0.15) is 5.54 Å².